The van der Waals surface area contributed by atoms with Crippen LogP contribution in [-0.2, 0) is 0 Å². The Morgan fingerprint density at radius 3 is 1.79 bits per heavy atom. The molecule has 1 N–H and O–H groups in total. The number of nitrogens with one attached hydrogen (secondary N) is 1. The number of rotatable bonds is 6. The summed E-state index contributed by atoms with van der Waals surface area (Å²) in [5.41, 5.74) is 2.95. The van der Waals surface area contributed by atoms with Gasteiger partial charge in [0.1, 0.15) is 5.69 Å². The quantitative estimate of drug-likeness (QED) is 0.364. The lowest BCUT2D eigenvalue weighted by Crippen LogP contribution is -1.98. The zero-order chi connectivity index (χ0) is 20.1. The summed E-state index contributed by atoms with van der Waals surface area (Å²) in [7, 11) is 3.30. The number of hydrogen-bond donors (Lipinski definition) is 1. The summed E-state index contributed by atoms with van der Waals surface area (Å²) in [5.74, 6) is 1.33. The van der Waals surface area contributed by atoms with E-state index in [0.717, 1.165) is 22.1 Å². The molecule has 0 aliphatic carbocycles. The van der Waals surface area contributed by atoms with Crippen molar-refractivity contribution in [2.24, 2.45) is 10.2 Å². The topological polar surface area (TPSA) is 55.2 Å². The Labute approximate surface area is 169 Å². The molecular weight excluding hydrogens is 362 g/mol. The Hall–Kier alpha value is -3.86. The van der Waals surface area contributed by atoms with Crippen molar-refractivity contribution in [1.82, 2.24) is 0 Å². The highest BCUT2D eigenvalue weighted by atomic mass is 16.5. The van der Waals surface area contributed by atoms with Gasteiger partial charge in [-0.15, -0.1) is 5.11 Å². The van der Waals surface area contributed by atoms with Crippen LogP contribution in [0.15, 0.2) is 95.2 Å². The Bertz CT molecular complexity index is 1140. The molecule has 29 heavy (non-hydrogen) atoms. The fourth-order valence-electron chi connectivity index (χ4n) is 3.26. The molecule has 0 saturated heterocycles. The van der Waals surface area contributed by atoms with Gasteiger partial charge in [-0.3, -0.25) is 0 Å². The number of para-hydroxylation sites is 1. The van der Waals surface area contributed by atoms with Crippen molar-refractivity contribution in [3.8, 4) is 11.5 Å². The number of azo groups is 1. The molecule has 144 valence electrons. The van der Waals surface area contributed by atoms with Crippen molar-refractivity contribution >= 4 is 33.5 Å². The van der Waals surface area contributed by atoms with Gasteiger partial charge in [-0.05, 0) is 24.3 Å². The van der Waals surface area contributed by atoms with Crippen LogP contribution < -0.4 is 14.8 Å². The summed E-state index contributed by atoms with van der Waals surface area (Å²) >= 11 is 0. The van der Waals surface area contributed by atoms with Crippen molar-refractivity contribution < 1.29 is 9.47 Å². The van der Waals surface area contributed by atoms with Gasteiger partial charge in [0.2, 0.25) is 0 Å². The van der Waals surface area contributed by atoms with E-state index in [1.165, 1.54) is 0 Å². The molecule has 0 unspecified atom stereocenters. The van der Waals surface area contributed by atoms with E-state index < -0.39 is 0 Å². The van der Waals surface area contributed by atoms with Crippen molar-refractivity contribution in [2.75, 3.05) is 19.5 Å². The highest BCUT2D eigenvalue weighted by Gasteiger charge is 2.21. The molecule has 0 fully saturated rings. The van der Waals surface area contributed by atoms with E-state index in [9.17, 15) is 0 Å². The first-order chi connectivity index (χ1) is 14.3. The van der Waals surface area contributed by atoms with Gasteiger partial charge in [-0.1, -0.05) is 60.7 Å². The van der Waals surface area contributed by atoms with Gasteiger partial charge >= 0.3 is 0 Å². The molecular formula is C24H21N3O2. The lowest BCUT2D eigenvalue weighted by Gasteiger charge is -2.19. The Kier molecular flexibility index (Phi) is 5.38. The number of nitrogens with zero attached hydrogens (tertiary/aromatic N) is 2. The number of anilines is 2. The molecule has 4 rings (SSSR count). The van der Waals surface area contributed by atoms with E-state index in [-0.39, 0.29) is 0 Å². The number of ether oxygens (including phenoxy) is 2. The van der Waals surface area contributed by atoms with E-state index in [0.29, 0.717) is 22.9 Å². The van der Waals surface area contributed by atoms with Gasteiger partial charge in [0.15, 0.2) is 17.2 Å². The molecule has 0 spiro atoms. The molecule has 4 aromatic carbocycles. The maximum absolute atomic E-state index is 5.80. The highest BCUT2D eigenvalue weighted by Crippen LogP contribution is 2.50. The Morgan fingerprint density at radius 1 is 0.621 bits per heavy atom. The van der Waals surface area contributed by atoms with Gasteiger partial charge < -0.3 is 14.8 Å². The molecule has 0 aliphatic rings. The molecule has 0 saturated carbocycles. The first kappa shape index (κ1) is 18.5. The van der Waals surface area contributed by atoms with Crippen LogP contribution in [-0.4, -0.2) is 14.2 Å². The molecule has 5 nitrogen and oxygen atoms in total. The second kappa shape index (κ2) is 8.44. The third kappa shape index (κ3) is 3.75. The van der Waals surface area contributed by atoms with Crippen LogP contribution >= 0.6 is 0 Å². The van der Waals surface area contributed by atoms with Crippen LogP contribution in [0.5, 0.6) is 11.5 Å². The predicted molar refractivity (Wildman–Crippen MR) is 117 cm³/mol. The van der Waals surface area contributed by atoms with Gasteiger partial charge in [0, 0.05) is 16.5 Å². The van der Waals surface area contributed by atoms with Crippen LogP contribution in [0, 0.1) is 0 Å². The second-order valence-electron chi connectivity index (χ2n) is 6.36. The number of benzene rings is 4. The van der Waals surface area contributed by atoms with Crippen molar-refractivity contribution in [1.29, 1.82) is 0 Å². The Balaban J connectivity index is 1.97. The third-order valence-electron chi connectivity index (χ3n) is 4.57. The summed E-state index contributed by atoms with van der Waals surface area (Å²) in [6, 6.07) is 27.4. The smallest absolute Gasteiger partial charge is 0.156 e. The van der Waals surface area contributed by atoms with E-state index in [2.05, 4.69) is 15.5 Å². The summed E-state index contributed by atoms with van der Waals surface area (Å²) in [5, 5.41) is 14.3. The molecule has 0 atom stereocenters. The number of fused-ring (bicyclic) bond motifs is 1. The fraction of sp³-hybridized carbons (Fsp3) is 0.0833. The SMILES string of the molecule is COc1c(N=Nc2ccccc2)c(Nc2ccccc2)c(OC)c2ccccc12. The normalized spacial score (nSPS) is 11.0. The fourth-order valence-corrected chi connectivity index (χ4v) is 3.26. The van der Waals surface area contributed by atoms with E-state index >= 15 is 0 Å². The molecule has 0 amide bonds. The first-order valence-corrected chi connectivity index (χ1v) is 9.27. The second-order valence-corrected chi connectivity index (χ2v) is 6.36. The monoisotopic (exact) mass is 383 g/mol. The minimum absolute atomic E-state index is 0.579. The molecule has 0 bridgehead atoms. The molecule has 0 radical (unpaired) electrons. The molecule has 0 aromatic heterocycles. The average Bonchev–Trinajstić information content (AvgIpc) is 2.78. The third-order valence-corrected chi connectivity index (χ3v) is 4.57. The van der Waals surface area contributed by atoms with Crippen LogP contribution in [0.1, 0.15) is 0 Å². The molecule has 5 heteroatoms. The molecule has 0 heterocycles. The van der Waals surface area contributed by atoms with Gasteiger partial charge in [0.05, 0.1) is 19.9 Å². The molecule has 0 aliphatic heterocycles. The van der Waals surface area contributed by atoms with Gasteiger partial charge in [-0.25, -0.2) is 0 Å². The van der Waals surface area contributed by atoms with Crippen molar-refractivity contribution in [2.45, 2.75) is 0 Å². The van der Waals surface area contributed by atoms with E-state index in [1.54, 1.807) is 14.2 Å². The number of hydrogen-bond acceptors (Lipinski definition) is 5. The standard InChI is InChI=1S/C24H21N3O2/c1-28-23-19-15-9-10-16-20(19)24(29-2)22(27-26-18-13-7-4-8-14-18)21(23)25-17-11-5-3-6-12-17/h3-16,25H,1-2H3. The van der Waals surface area contributed by atoms with Crippen molar-refractivity contribution in [3.05, 3.63) is 84.9 Å². The van der Waals surface area contributed by atoms with Crippen LogP contribution in [0.25, 0.3) is 10.8 Å². The van der Waals surface area contributed by atoms with Gasteiger partial charge in [0.25, 0.3) is 0 Å². The zero-order valence-electron chi connectivity index (χ0n) is 16.3. The van der Waals surface area contributed by atoms with Crippen LogP contribution in [0.4, 0.5) is 22.7 Å². The summed E-state index contributed by atoms with van der Waals surface area (Å²) < 4.78 is 11.6. The Morgan fingerprint density at radius 2 is 1.17 bits per heavy atom. The largest absolute Gasteiger partial charge is 0.494 e. The first-order valence-electron chi connectivity index (χ1n) is 9.27. The van der Waals surface area contributed by atoms with E-state index in [4.69, 9.17) is 9.47 Å². The highest BCUT2D eigenvalue weighted by molar-refractivity contribution is 6.05. The molecule has 4 aromatic rings. The summed E-state index contributed by atoms with van der Waals surface area (Å²) in [6.45, 7) is 0. The maximum Gasteiger partial charge on any atom is 0.156 e. The van der Waals surface area contributed by atoms with Gasteiger partial charge in [-0.2, -0.15) is 5.11 Å². The lowest BCUT2D eigenvalue weighted by atomic mass is 10.0. The minimum Gasteiger partial charge on any atom is -0.494 e. The predicted octanol–water partition coefficient (Wildman–Crippen LogP) is 7.02. The minimum atomic E-state index is 0.579. The van der Waals surface area contributed by atoms with Crippen LogP contribution in [0.3, 0.4) is 0 Å². The lowest BCUT2D eigenvalue weighted by molar-refractivity contribution is 0.413. The number of methoxy groups -OCH3 is 2. The summed E-state index contributed by atoms with van der Waals surface area (Å²) in [4.78, 5) is 0. The average molecular weight is 383 g/mol. The van der Waals surface area contributed by atoms with Crippen molar-refractivity contribution in [3.63, 3.8) is 0 Å². The van der Waals surface area contributed by atoms with E-state index in [1.807, 2.05) is 84.9 Å². The van der Waals surface area contributed by atoms with Crippen LogP contribution in [0.2, 0.25) is 0 Å². The maximum atomic E-state index is 5.80. The zero-order valence-corrected chi connectivity index (χ0v) is 16.3. The summed E-state index contributed by atoms with van der Waals surface area (Å²) in [6.07, 6.45) is 0.